The molecule has 2 unspecified atom stereocenters. The quantitative estimate of drug-likeness (QED) is 0.506. The van der Waals surface area contributed by atoms with Crippen LogP contribution < -0.4 is 10.6 Å². The zero-order chi connectivity index (χ0) is 13.4. The van der Waals surface area contributed by atoms with E-state index in [0.29, 0.717) is 19.6 Å². The molecular weight excluding hydrogens is 236 g/mol. The topological polar surface area (TPSA) is 87.7 Å². The first-order chi connectivity index (χ1) is 8.65. The van der Waals surface area contributed by atoms with Crippen LogP contribution in [-0.2, 0) is 9.53 Å². The van der Waals surface area contributed by atoms with Crippen LogP contribution in [-0.4, -0.2) is 43.4 Å². The number of carboxylic acid groups (broad SMARTS) is 1. The van der Waals surface area contributed by atoms with Crippen molar-refractivity contribution in [3.05, 3.63) is 0 Å². The van der Waals surface area contributed by atoms with E-state index in [9.17, 15) is 9.59 Å². The Labute approximate surface area is 107 Å². The molecule has 1 aliphatic rings. The lowest BCUT2D eigenvalue weighted by Crippen LogP contribution is -2.47. The number of amides is 2. The molecular formula is C12H22N2O4. The van der Waals surface area contributed by atoms with Gasteiger partial charge in [0.05, 0.1) is 12.5 Å². The lowest BCUT2D eigenvalue weighted by Gasteiger charge is -2.22. The largest absolute Gasteiger partial charge is 0.481 e. The fraction of sp³-hybridized carbons (Fsp3) is 0.833. The molecule has 0 aliphatic heterocycles. The summed E-state index contributed by atoms with van der Waals surface area (Å²) in [5.41, 5.74) is 0. The van der Waals surface area contributed by atoms with Gasteiger partial charge < -0.3 is 20.5 Å². The van der Waals surface area contributed by atoms with Crippen LogP contribution in [0.15, 0.2) is 0 Å². The zero-order valence-electron chi connectivity index (χ0n) is 10.8. The van der Waals surface area contributed by atoms with Crippen molar-refractivity contribution in [1.82, 2.24) is 10.6 Å². The summed E-state index contributed by atoms with van der Waals surface area (Å²) in [6, 6.07) is -0.585. The van der Waals surface area contributed by atoms with Crippen molar-refractivity contribution >= 4 is 12.0 Å². The molecule has 3 N–H and O–H groups in total. The number of carboxylic acids is 1. The maximum atomic E-state index is 11.6. The van der Waals surface area contributed by atoms with E-state index in [1.165, 1.54) is 0 Å². The average Bonchev–Trinajstić information content (AvgIpc) is 2.55. The molecule has 1 aliphatic carbocycles. The van der Waals surface area contributed by atoms with Gasteiger partial charge in [-0.05, 0) is 12.8 Å². The van der Waals surface area contributed by atoms with E-state index >= 15 is 0 Å². The number of aliphatic carboxylic acids is 1. The molecule has 0 saturated heterocycles. The standard InChI is InChI=1S/C12H22N2O4/c1-18-8-7-13-12(17)14-10-6-4-2-3-5-9(10)11(15)16/h9-10H,2-8H2,1H3,(H,15,16)(H2,13,14,17). The third-order valence-electron chi connectivity index (χ3n) is 3.24. The monoisotopic (exact) mass is 258 g/mol. The van der Waals surface area contributed by atoms with Crippen molar-refractivity contribution < 1.29 is 19.4 Å². The van der Waals surface area contributed by atoms with Gasteiger partial charge in [0.15, 0.2) is 0 Å². The number of nitrogens with one attached hydrogen (secondary N) is 2. The van der Waals surface area contributed by atoms with E-state index in [1.807, 2.05) is 0 Å². The van der Waals surface area contributed by atoms with Crippen LogP contribution in [0.4, 0.5) is 4.79 Å². The Morgan fingerprint density at radius 2 is 2.00 bits per heavy atom. The molecule has 0 bridgehead atoms. The van der Waals surface area contributed by atoms with Crippen LogP contribution in [0.5, 0.6) is 0 Å². The Balaban J connectivity index is 2.44. The van der Waals surface area contributed by atoms with Gasteiger partial charge in [-0.3, -0.25) is 4.79 Å². The maximum Gasteiger partial charge on any atom is 0.315 e. The first-order valence-electron chi connectivity index (χ1n) is 6.41. The second-order valence-corrected chi connectivity index (χ2v) is 4.58. The van der Waals surface area contributed by atoms with Crippen LogP contribution in [0.1, 0.15) is 32.1 Å². The number of carbonyl (C=O) groups is 2. The van der Waals surface area contributed by atoms with Crippen LogP contribution in [0.2, 0.25) is 0 Å². The van der Waals surface area contributed by atoms with E-state index in [4.69, 9.17) is 9.84 Å². The Bertz CT molecular complexity index is 283. The van der Waals surface area contributed by atoms with Crippen LogP contribution in [0.3, 0.4) is 0 Å². The van der Waals surface area contributed by atoms with Gasteiger partial charge in [-0.15, -0.1) is 0 Å². The summed E-state index contributed by atoms with van der Waals surface area (Å²) < 4.78 is 4.82. The zero-order valence-corrected chi connectivity index (χ0v) is 10.8. The van der Waals surface area contributed by atoms with Gasteiger partial charge >= 0.3 is 12.0 Å². The molecule has 0 spiro atoms. The Hall–Kier alpha value is -1.30. The predicted octanol–water partition coefficient (Wildman–Crippen LogP) is 0.965. The molecule has 0 heterocycles. The van der Waals surface area contributed by atoms with E-state index < -0.39 is 11.9 Å². The number of urea groups is 1. The highest BCUT2D eigenvalue weighted by molar-refractivity contribution is 5.76. The van der Waals surface area contributed by atoms with Crippen molar-refractivity contribution in [3.63, 3.8) is 0 Å². The fourth-order valence-electron chi connectivity index (χ4n) is 2.26. The molecule has 104 valence electrons. The molecule has 0 radical (unpaired) electrons. The van der Waals surface area contributed by atoms with Crippen molar-refractivity contribution in [3.8, 4) is 0 Å². The highest BCUT2D eigenvalue weighted by atomic mass is 16.5. The summed E-state index contributed by atoms with van der Waals surface area (Å²) in [5.74, 6) is -1.29. The van der Waals surface area contributed by atoms with Gasteiger partial charge in [0.25, 0.3) is 0 Å². The highest BCUT2D eigenvalue weighted by Crippen LogP contribution is 2.23. The number of carbonyl (C=O) groups excluding carboxylic acids is 1. The first kappa shape index (κ1) is 14.8. The van der Waals surface area contributed by atoms with Gasteiger partial charge in [0, 0.05) is 19.7 Å². The SMILES string of the molecule is COCCNC(=O)NC1CCCCCC1C(=O)O. The molecule has 2 atom stereocenters. The molecule has 0 aromatic heterocycles. The van der Waals surface area contributed by atoms with Crippen molar-refractivity contribution in [1.29, 1.82) is 0 Å². The Morgan fingerprint density at radius 1 is 1.28 bits per heavy atom. The minimum absolute atomic E-state index is 0.271. The van der Waals surface area contributed by atoms with Gasteiger partial charge in [0.1, 0.15) is 0 Å². The average molecular weight is 258 g/mol. The Kier molecular flexibility index (Phi) is 6.49. The normalized spacial score (nSPS) is 24.1. The Morgan fingerprint density at radius 3 is 2.67 bits per heavy atom. The van der Waals surface area contributed by atoms with Gasteiger partial charge in [-0.25, -0.2) is 4.79 Å². The van der Waals surface area contributed by atoms with Gasteiger partial charge in [0.2, 0.25) is 0 Å². The summed E-state index contributed by atoms with van der Waals surface area (Å²) in [7, 11) is 1.56. The van der Waals surface area contributed by atoms with Crippen LogP contribution in [0.25, 0.3) is 0 Å². The van der Waals surface area contributed by atoms with E-state index in [2.05, 4.69) is 10.6 Å². The minimum atomic E-state index is -0.820. The third kappa shape index (κ3) is 4.91. The smallest absolute Gasteiger partial charge is 0.315 e. The third-order valence-corrected chi connectivity index (χ3v) is 3.24. The van der Waals surface area contributed by atoms with Crippen LogP contribution in [0, 0.1) is 5.92 Å². The summed E-state index contributed by atoms with van der Waals surface area (Å²) >= 11 is 0. The number of hydrogen-bond acceptors (Lipinski definition) is 3. The lowest BCUT2D eigenvalue weighted by atomic mass is 9.95. The van der Waals surface area contributed by atoms with Crippen LogP contribution >= 0.6 is 0 Å². The number of rotatable bonds is 5. The summed E-state index contributed by atoms with van der Waals surface area (Å²) in [6.45, 7) is 0.868. The van der Waals surface area contributed by atoms with Crippen molar-refractivity contribution in [2.24, 2.45) is 5.92 Å². The van der Waals surface area contributed by atoms with Crippen molar-refractivity contribution in [2.45, 2.75) is 38.1 Å². The predicted molar refractivity (Wildman–Crippen MR) is 66.4 cm³/mol. The maximum absolute atomic E-state index is 11.6. The summed E-state index contributed by atoms with van der Waals surface area (Å²) in [4.78, 5) is 22.8. The highest BCUT2D eigenvalue weighted by Gasteiger charge is 2.30. The molecule has 18 heavy (non-hydrogen) atoms. The number of hydrogen-bond donors (Lipinski definition) is 3. The summed E-state index contributed by atoms with van der Waals surface area (Å²) in [6.07, 6.45) is 4.29. The minimum Gasteiger partial charge on any atom is -0.481 e. The molecule has 6 heteroatoms. The van der Waals surface area contributed by atoms with E-state index in [1.54, 1.807) is 7.11 Å². The first-order valence-corrected chi connectivity index (χ1v) is 6.41. The van der Waals surface area contributed by atoms with E-state index in [0.717, 1.165) is 25.7 Å². The molecule has 2 amide bonds. The molecule has 1 rings (SSSR count). The number of methoxy groups -OCH3 is 1. The lowest BCUT2D eigenvalue weighted by molar-refractivity contribution is -0.142. The molecule has 0 aromatic rings. The van der Waals surface area contributed by atoms with E-state index in [-0.39, 0.29) is 12.1 Å². The number of ether oxygens (including phenoxy) is 1. The molecule has 0 aromatic carbocycles. The second-order valence-electron chi connectivity index (χ2n) is 4.58. The fourth-order valence-corrected chi connectivity index (χ4v) is 2.26. The molecule has 1 fully saturated rings. The van der Waals surface area contributed by atoms with Crippen molar-refractivity contribution in [2.75, 3.05) is 20.3 Å². The molecule has 6 nitrogen and oxygen atoms in total. The molecule has 1 saturated carbocycles. The van der Waals surface area contributed by atoms with Gasteiger partial charge in [-0.2, -0.15) is 0 Å². The van der Waals surface area contributed by atoms with Gasteiger partial charge in [-0.1, -0.05) is 19.3 Å². The summed E-state index contributed by atoms with van der Waals surface area (Å²) in [5, 5.41) is 14.6. The second kappa shape index (κ2) is 7.92.